The molecule has 0 amide bonds. The largest absolute Gasteiger partial charge is 0.309 e. The van der Waals surface area contributed by atoms with Gasteiger partial charge in [0.05, 0.1) is 22.1 Å². The molecule has 44 heavy (non-hydrogen) atoms. The van der Waals surface area contributed by atoms with Crippen LogP contribution >= 0.6 is 0 Å². The van der Waals surface area contributed by atoms with Crippen molar-refractivity contribution in [2.75, 3.05) is 0 Å². The molecular weight excluding hydrogens is 534 g/mol. The zero-order valence-electron chi connectivity index (χ0n) is 24.2. The number of hydrogen-bond donors (Lipinski definition) is 0. The van der Waals surface area contributed by atoms with Crippen LogP contribution < -0.4 is 0 Å². The molecule has 0 aliphatic rings. The molecule has 0 spiro atoms. The third kappa shape index (κ3) is 3.69. The van der Waals surface area contributed by atoms with Crippen LogP contribution in [0, 0.1) is 6.92 Å². The van der Waals surface area contributed by atoms with E-state index in [4.69, 9.17) is 9.97 Å². The number of para-hydroxylation sites is 1. The van der Waals surface area contributed by atoms with E-state index in [0.717, 1.165) is 21.8 Å². The first-order valence-corrected chi connectivity index (χ1v) is 15.0. The lowest BCUT2D eigenvalue weighted by Gasteiger charge is -2.14. The van der Waals surface area contributed by atoms with Gasteiger partial charge in [-0.1, -0.05) is 96.6 Å². The van der Waals surface area contributed by atoms with Crippen molar-refractivity contribution in [2.24, 2.45) is 0 Å². The molecule has 9 aromatic rings. The van der Waals surface area contributed by atoms with Crippen LogP contribution in [0.4, 0.5) is 0 Å². The van der Waals surface area contributed by atoms with Crippen molar-refractivity contribution in [3.05, 3.63) is 151 Å². The molecule has 0 saturated heterocycles. The molecule has 0 fully saturated rings. The van der Waals surface area contributed by atoms with Crippen LogP contribution in [0.15, 0.2) is 146 Å². The van der Waals surface area contributed by atoms with Gasteiger partial charge in [-0.3, -0.25) is 9.97 Å². The number of rotatable bonds is 3. The summed E-state index contributed by atoms with van der Waals surface area (Å²) in [4.78, 5) is 9.45. The summed E-state index contributed by atoms with van der Waals surface area (Å²) in [5, 5.41) is 7.17. The standard InChI is InChI=1S/C41H27N3/c1-26-15-19-38-36(23-26)37-25-28(17-20-39(37)44(38)29-9-3-2-4-10-29)31-12-6-5-11-30(31)27-16-18-34-35(24-27)32-13-7-8-14-33(32)40-41(34)43-22-21-42-40/h2-25H,1H3. The molecule has 3 nitrogen and oxygen atoms in total. The van der Waals surface area contributed by atoms with Gasteiger partial charge in [-0.05, 0) is 82.4 Å². The van der Waals surface area contributed by atoms with Crippen molar-refractivity contribution >= 4 is 54.4 Å². The van der Waals surface area contributed by atoms with E-state index in [1.807, 2.05) is 0 Å². The first-order chi connectivity index (χ1) is 21.7. The highest BCUT2D eigenvalue weighted by Gasteiger charge is 2.16. The second-order valence-corrected chi connectivity index (χ2v) is 11.5. The maximum absolute atomic E-state index is 4.75. The number of aromatic nitrogens is 3. The topological polar surface area (TPSA) is 30.7 Å². The maximum Gasteiger partial charge on any atom is 0.0971 e. The van der Waals surface area contributed by atoms with Gasteiger partial charge in [0.15, 0.2) is 0 Å². The highest BCUT2D eigenvalue weighted by molar-refractivity contribution is 6.23. The molecule has 0 unspecified atom stereocenters. The molecule has 206 valence electrons. The van der Waals surface area contributed by atoms with Crippen LogP contribution in [0.5, 0.6) is 0 Å². The van der Waals surface area contributed by atoms with Crippen LogP contribution in [0.1, 0.15) is 5.56 Å². The Kier molecular flexibility index (Phi) is 5.41. The van der Waals surface area contributed by atoms with E-state index < -0.39 is 0 Å². The Balaban J connectivity index is 1.28. The van der Waals surface area contributed by atoms with Crippen molar-refractivity contribution in [3.8, 4) is 27.9 Å². The van der Waals surface area contributed by atoms with Gasteiger partial charge in [0.25, 0.3) is 0 Å². The second-order valence-electron chi connectivity index (χ2n) is 11.5. The summed E-state index contributed by atoms with van der Waals surface area (Å²) in [5.74, 6) is 0. The number of nitrogens with zero attached hydrogens (tertiary/aromatic N) is 3. The first kappa shape index (κ1) is 24.8. The van der Waals surface area contributed by atoms with E-state index in [1.54, 1.807) is 12.4 Å². The van der Waals surface area contributed by atoms with Gasteiger partial charge >= 0.3 is 0 Å². The molecule has 0 bridgehead atoms. The lowest BCUT2D eigenvalue weighted by molar-refractivity contribution is 1.18. The summed E-state index contributed by atoms with van der Waals surface area (Å²) in [5.41, 5.74) is 11.6. The van der Waals surface area contributed by atoms with Gasteiger partial charge in [-0.25, -0.2) is 0 Å². The predicted octanol–water partition coefficient (Wildman–Crippen LogP) is 10.7. The summed E-state index contributed by atoms with van der Waals surface area (Å²) in [6.07, 6.45) is 3.56. The number of aryl methyl sites for hydroxylation is 1. The van der Waals surface area contributed by atoms with Crippen molar-refractivity contribution in [1.82, 2.24) is 14.5 Å². The highest BCUT2D eigenvalue weighted by atomic mass is 15.0. The molecule has 3 heteroatoms. The molecular formula is C41H27N3. The van der Waals surface area contributed by atoms with Crippen LogP contribution in [0.25, 0.3) is 82.3 Å². The third-order valence-corrected chi connectivity index (χ3v) is 8.93. The third-order valence-electron chi connectivity index (χ3n) is 8.93. The Morgan fingerprint density at radius 2 is 0.977 bits per heavy atom. The molecule has 2 aromatic heterocycles. The summed E-state index contributed by atoms with van der Waals surface area (Å²) in [7, 11) is 0. The molecule has 2 heterocycles. The quantitative estimate of drug-likeness (QED) is 0.201. The number of fused-ring (bicyclic) bond motifs is 9. The monoisotopic (exact) mass is 561 g/mol. The summed E-state index contributed by atoms with van der Waals surface area (Å²) in [6, 6.07) is 48.4. The lowest BCUT2D eigenvalue weighted by atomic mass is 9.91. The van der Waals surface area contributed by atoms with E-state index in [9.17, 15) is 0 Å². The van der Waals surface area contributed by atoms with Gasteiger partial charge in [0.2, 0.25) is 0 Å². The zero-order chi connectivity index (χ0) is 29.2. The minimum Gasteiger partial charge on any atom is -0.309 e. The van der Waals surface area contributed by atoms with Gasteiger partial charge in [-0.15, -0.1) is 0 Å². The van der Waals surface area contributed by atoms with Crippen LogP contribution in [-0.2, 0) is 0 Å². The van der Waals surface area contributed by atoms with Crippen molar-refractivity contribution < 1.29 is 0 Å². The average molecular weight is 562 g/mol. The Morgan fingerprint density at radius 3 is 1.70 bits per heavy atom. The molecule has 0 aliphatic carbocycles. The van der Waals surface area contributed by atoms with E-state index >= 15 is 0 Å². The minimum atomic E-state index is 0.941. The van der Waals surface area contributed by atoms with Crippen LogP contribution in [-0.4, -0.2) is 14.5 Å². The fourth-order valence-corrected chi connectivity index (χ4v) is 6.94. The molecule has 0 radical (unpaired) electrons. The molecule has 7 aromatic carbocycles. The molecule has 9 rings (SSSR count). The van der Waals surface area contributed by atoms with Gasteiger partial charge in [0.1, 0.15) is 0 Å². The lowest BCUT2D eigenvalue weighted by Crippen LogP contribution is -1.93. The smallest absolute Gasteiger partial charge is 0.0971 e. The van der Waals surface area contributed by atoms with E-state index in [0.29, 0.717) is 0 Å². The van der Waals surface area contributed by atoms with Crippen LogP contribution in [0.3, 0.4) is 0 Å². The average Bonchev–Trinajstić information content (AvgIpc) is 3.41. The summed E-state index contributed by atoms with van der Waals surface area (Å²) < 4.78 is 2.38. The van der Waals surface area contributed by atoms with Gasteiger partial charge < -0.3 is 4.57 Å². The van der Waals surface area contributed by atoms with E-state index in [2.05, 4.69) is 145 Å². The summed E-state index contributed by atoms with van der Waals surface area (Å²) >= 11 is 0. The van der Waals surface area contributed by atoms with Crippen molar-refractivity contribution in [3.63, 3.8) is 0 Å². The predicted molar refractivity (Wildman–Crippen MR) is 184 cm³/mol. The zero-order valence-corrected chi connectivity index (χ0v) is 24.2. The second kappa shape index (κ2) is 9.62. The van der Waals surface area contributed by atoms with Crippen LogP contribution in [0.2, 0.25) is 0 Å². The van der Waals surface area contributed by atoms with E-state index in [-0.39, 0.29) is 0 Å². The van der Waals surface area contributed by atoms with Gasteiger partial charge in [0, 0.05) is 39.6 Å². The highest BCUT2D eigenvalue weighted by Crippen LogP contribution is 2.40. The first-order valence-electron chi connectivity index (χ1n) is 15.0. The Bertz CT molecular complexity index is 2520. The molecule has 0 saturated carbocycles. The molecule has 0 N–H and O–H groups in total. The minimum absolute atomic E-state index is 0.941. The van der Waals surface area contributed by atoms with Crippen molar-refractivity contribution in [2.45, 2.75) is 6.92 Å². The fraction of sp³-hybridized carbons (Fsp3) is 0.0244. The maximum atomic E-state index is 4.75. The Labute approximate surface area is 254 Å². The van der Waals surface area contributed by atoms with E-state index in [1.165, 1.54) is 66.1 Å². The van der Waals surface area contributed by atoms with Gasteiger partial charge in [-0.2, -0.15) is 0 Å². The molecule has 0 aliphatic heterocycles. The molecule has 0 atom stereocenters. The SMILES string of the molecule is Cc1ccc2c(c1)c1cc(-c3ccccc3-c3ccc4c(c3)c3ccccc3c3nccnc43)ccc1n2-c1ccccc1. The van der Waals surface area contributed by atoms with Crippen molar-refractivity contribution in [1.29, 1.82) is 0 Å². The Morgan fingerprint density at radius 1 is 0.432 bits per heavy atom. The fourth-order valence-electron chi connectivity index (χ4n) is 6.94. The Hall–Kier alpha value is -5.80. The summed E-state index contributed by atoms with van der Waals surface area (Å²) in [6.45, 7) is 2.17. The normalized spacial score (nSPS) is 11.8. The number of benzene rings is 7. The number of hydrogen-bond acceptors (Lipinski definition) is 2.